The van der Waals surface area contributed by atoms with Crippen LogP contribution < -0.4 is 5.32 Å². The molecule has 2 aliphatic heterocycles. The van der Waals surface area contributed by atoms with Crippen molar-refractivity contribution in [3.63, 3.8) is 0 Å². The largest absolute Gasteiger partial charge is 0.445 e. The highest BCUT2D eigenvalue weighted by atomic mass is 32.2. The second-order valence-corrected chi connectivity index (χ2v) is 8.86. The summed E-state index contributed by atoms with van der Waals surface area (Å²) in [6, 6.07) is 6.65. The molecule has 3 heterocycles. The van der Waals surface area contributed by atoms with E-state index >= 15 is 0 Å². The number of sulfone groups is 1. The molecule has 1 N–H and O–H groups in total. The molecular weight excluding hydrogens is 328 g/mol. The maximum absolute atomic E-state index is 12.5. The van der Waals surface area contributed by atoms with Crippen molar-refractivity contribution < 1.29 is 17.6 Å². The van der Waals surface area contributed by atoms with Crippen molar-refractivity contribution in [1.29, 1.82) is 0 Å². The number of nitrogens with one attached hydrogen (secondary N) is 1. The lowest BCUT2D eigenvalue weighted by molar-refractivity contribution is 0.0909. The maximum Gasteiger partial charge on any atom is 0.251 e. The van der Waals surface area contributed by atoms with Crippen molar-refractivity contribution in [3.8, 4) is 0 Å². The third kappa shape index (κ3) is 2.93. The SMILES string of the molecule is CS(=O)(=O)c1cc2cc(C(=O)N[C@@H]3C[C@@H]4CCN(C4)C3)ccc2o1. The Bertz CT molecular complexity index is 890. The van der Waals surface area contributed by atoms with E-state index < -0.39 is 9.84 Å². The highest BCUT2D eigenvalue weighted by Gasteiger charge is 2.33. The minimum atomic E-state index is -3.40. The van der Waals surface area contributed by atoms with Crippen molar-refractivity contribution in [2.24, 2.45) is 5.92 Å². The Morgan fingerprint density at radius 2 is 2.12 bits per heavy atom. The van der Waals surface area contributed by atoms with Crippen LogP contribution in [0.3, 0.4) is 0 Å². The minimum Gasteiger partial charge on any atom is -0.445 e. The average molecular weight is 348 g/mol. The van der Waals surface area contributed by atoms with Crippen molar-refractivity contribution in [3.05, 3.63) is 29.8 Å². The van der Waals surface area contributed by atoms with E-state index in [0.29, 0.717) is 22.5 Å². The topological polar surface area (TPSA) is 79.6 Å². The lowest BCUT2D eigenvalue weighted by Crippen LogP contribution is -2.47. The Hall–Kier alpha value is -1.86. The van der Waals surface area contributed by atoms with Crippen LogP contribution in [-0.2, 0) is 9.84 Å². The number of carbonyl (C=O) groups is 1. The average Bonchev–Trinajstić information content (AvgIpc) is 3.09. The molecule has 0 aliphatic carbocycles. The first kappa shape index (κ1) is 15.7. The van der Waals surface area contributed by atoms with Crippen LogP contribution in [0.4, 0.5) is 0 Å². The number of benzene rings is 1. The molecule has 128 valence electrons. The summed E-state index contributed by atoms with van der Waals surface area (Å²) in [4.78, 5) is 14.9. The number of carbonyl (C=O) groups excluding carboxylic acids is 1. The summed E-state index contributed by atoms with van der Waals surface area (Å²) in [6.45, 7) is 3.20. The molecule has 2 aromatic rings. The van der Waals surface area contributed by atoms with Gasteiger partial charge in [-0.2, -0.15) is 0 Å². The molecule has 0 radical (unpaired) electrons. The van der Waals surface area contributed by atoms with Crippen molar-refractivity contribution in [2.75, 3.05) is 25.9 Å². The Labute approximate surface area is 140 Å². The molecule has 7 heteroatoms. The predicted octanol–water partition coefficient (Wildman–Crippen LogP) is 1.66. The van der Waals surface area contributed by atoms with Gasteiger partial charge in [0.2, 0.25) is 14.9 Å². The molecule has 0 spiro atoms. The van der Waals surface area contributed by atoms with E-state index in [1.165, 1.54) is 12.5 Å². The van der Waals surface area contributed by atoms with Crippen LogP contribution in [0.1, 0.15) is 23.2 Å². The van der Waals surface area contributed by atoms with E-state index in [4.69, 9.17) is 4.42 Å². The second-order valence-electron chi connectivity index (χ2n) is 6.91. The molecule has 1 unspecified atom stereocenters. The fraction of sp³-hybridized carbons (Fsp3) is 0.471. The standard InChI is InChI=1S/C17H20N2O4S/c1-24(21,22)16-8-13-7-12(2-3-15(13)23-16)17(20)18-14-6-11-4-5-19(9-11)10-14/h2-3,7-8,11,14H,4-6,9-10H2,1H3,(H,18,20)/t11-,14+/m0/s1. The molecule has 2 bridgehead atoms. The van der Waals surface area contributed by atoms with Gasteiger partial charge in [-0.15, -0.1) is 0 Å². The predicted molar refractivity (Wildman–Crippen MR) is 89.7 cm³/mol. The van der Waals surface area contributed by atoms with Gasteiger partial charge in [0.15, 0.2) is 0 Å². The Balaban J connectivity index is 1.54. The van der Waals surface area contributed by atoms with Gasteiger partial charge in [-0.3, -0.25) is 4.79 Å². The molecule has 24 heavy (non-hydrogen) atoms. The fourth-order valence-corrected chi connectivity index (χ4v) is 4.36. The lowest BCUT2D eigenvalue weighted by Gasteiger charge is -2.30. The normalized spacial score (nSPS) is 26.6. The fourth-order valence-electron chi connectivity index (χ4n) is 3.78. The maximum atomic E-state index is 12.5. The Morgan fingerprint density at radius 3 is 2.88 bits per heavy atom. The third-order valence-corrected chi connectivity index (χ3v) is 5.86. The summed E-state index contributed by atoms with van der Waals surface area (Å²) < 4.78 is 28.5. The highest BCUT2D eigenvalue weighted by molar-refractivity contribution is 7.90. The summed E-state index contributed by atoms with van der Waals surface area (Å²) in [5.74, 6) is 0.573. The van der Waals surface area contributed by atoms with Gasteiger partial charge in [0.05, 0.1) is 0 Å². The zero-order chi connectivity index (χ0) is 16.9. The molecule has 1 aromatic carbocycles. The van der Waals surface area contributed by atoms with Gasteiger partial charge in [-0.05, 0) is 43.5 Å². The molecule has 4 rings (SSSR count). The Kier molecular flexibility index (Phi) is 3.65. The molecule has 2 fully saturated rings. The number of hydrogen-bond donors (Lipinski definition) is 1. The van der Waals surface area contributed by atoms with Gasteiger partial charge in [0.25, 0.3) is 5.91 Å². The molecule has 2 saturated heterocycles. The summed E-state index contributed by atoms with van der Waals surface area (Å²) in [5, 5.41) is 3.65. The number of piperidine rings is 1. The molecule has 1 aromatic heterocycles. The summed E-state index contributed by atoms with van der Waals surface area (Å²) in [7, 11) is -3.40. The van der Waals surface area contributed by atoms with Gasteiger partial charge in [-0.1, -0.05) is 0 Å². The van der Waals surface area contributed by atoms with Crippen LogP contribution in [0.5, 0.6) is 0 Å². The molecule has 2 aliphatic rings. The smallest absolute Gasteiger partial charge is 0.251 e. The monoisotopic (exact) mass is 348 g/mol. The number of nitrogens with zero attached hydrogens (tertiary/aromatic N) is 1. The van der Waals surface area contributed by atoms with E-state index in [1.54, 1.807) is 18.2 Å². The second kappa shape index (κ2) is 5.60. The number of fused-ring (bicyclic) bond motifs is 3. The van der Waals surface area contributed by atoms with E-state index in [-0.39, 0.29) is 17.0 Å². The highest BCUT2D eigenvalue weighted by Crippen LogP contribution is 2.27. The summed E-state index contributed by atoms with van der Waals surface area (Å²) in [6.07, 6.45) is 3.36. The van der Waals surface area contributed by atoms with E-state index in [2.05, 4.69) is 10.2 Å². The van der Waals surface area contributed by atoms with Gasteiger partial charge in [0, 0.05) is 42.4 Å². The van der Waals surface area contributed by atoms with E-state index in [9.17, 15) is 13.2 Å². The first-order chi connectivity index (χ1) is 11.4. The lowest BCUT2D eigenvalue weighted by atomic mass is 9.96. The molecule has 6 nitrogen and oxygen atoms in total. The van der Waals surface area contributed by atoms with Gasteiger partial charge in [-0.25, -0.2) is 8.42 Å². The molecule has 0 saturated carbocycles. The number of hydrogen-bond acceptors (Lipinski definition) is 5. The minimum absolute atomic E-state index is 0.0771. The molecule has 1 amide bonds. The van der Waals surface area contributed by atoms with Crippen molar-refractivity contribution in [1.82, 2.24) is 10.2 Å². The first-order valence-electron chi connectivity index (χ1n) is 8.15. The van der Waals surface area contributed by atoms with Gasteiger partial charge in [0.1, 0.15) is 5.58 Å². The molecule has 3 atom stereocenters. The number of rotatable bonds is 3. The van der Waals surface area contributed by atoms with Crippen LogP contribution in [0.15, 0.2) is 33.8 Å². The summed E-state index contributed by atoms with van der Waals surface area (Å²) in [5.41, 5.74) is 0.991. The van der Waals surface area contributed by atoms with Crippen molar-refractivity contribution >= 4 is 26.7 Å². The zero-order valence-corrected chi connectivity index (χ0v) is 14.3. The first-order valence-corrected chi connectivity index (χ1v) is 10.0. The number of furan rings is 1. The quantitative estimate of drug-likeness (QED) is 0.912. The third-order valence-electron chi connectivity index (χ3n) is 4.92. The van der Waals surface area contributed by atoms with Crippen LogP contribution in [-0.4, -0.2) is 51.2 Å². The zero-order valence-electron chi connectivity index (χ0n) is 13.5. The van der Waals surface area contributed by atoms with Crippen LogP contribution >= 0.6 is 0 Å². The Morgan fingerprint density at radius 1 is 1.29 bits per heavy atom. The molecular formula is C17H20N2O4S. The van der Waals surface area contributed by atoms with Gasteiger partial charge < -0.3 is 14.6 Å². The van der Waals surface area contributed by atoms with E-state index in [0.717, 1.165) is 32.3 Å². The van der Waals surface area contributed by atoms with Crippen LogP contribution in [0.25, 0.3) is 11.0 Å². The van der Waals surface area contributed by atoms with Crippen LogP contribution in [0, 0.1) is 5.92 Å². The summed E-state index contributed by atoms with van der Waals surface area (Å²) >= 11 is 0. The van der Waals surface area contributed by atoms with Crippen LogP contribution in [0.2, 0.25) is 0 Å². The van der Waals surface area contributed by atoms with E-state index in [1.807, 2.05) is 0 Å². The van der Waals surface area contributed by atoms with Crippen molar-refractivity contribution in [2.45, 2.75) is 24.0 Å². The number of amides is 1. The van der Waals surface area contributed by atoms with Gasteiger partial charge >= 0.3 is 0 Å².